The molecule has 19 heavy (non-hydrogen) atoms. The van der Waals surface area contributed by atoms with Gasteiger partial charge in [-0.25, -0.2) is 0 Å². The largest absolute Gasteiger partial charge is 0.317 e. The highest BCUT2D eigenvalue weighted by Crippen LogP contribution is 2.16. The number of piperidine rings is 1. The van der Waals surface area contributed by atoms with Crippen molar-refractivity contribution in [1.82, 2.24) is 10.2 Å². The van der Waals surface area contributed by atoms with Crippen LogP contribution in [0.1, 0.15) is 37.3 Å². The van der Waals surface area contributed by atoms with E-state index in [-0.39, 0.29) is 0 Å². The molecule has 0 radical (unpaired) electrons. The summed E-state index contributed by atoms with van der Waals surface area (Å²) in [7, 11) is 2.24. The Morgan fingerprint density at radius 1 is 1.11 bits per heavy atom. The third-order valence-electron chi connectivity index (χ3n) is 4.26. The molecule has 1 aliphatic heterocycles. The van der Waals surface area contributed by atoms with Crippen LogP contribution >= 0.6 is 0 Å². The molecule has 0 unspecified atom stereocenters. The molecule has 1 fully saturated rings. The van der Waals surface area contributed by atoms with Crippen molar-refractivity contribution in [3.05, 3.63) is 35.4 Å². The van der Waals surface area contributed by atoms with E-state index in [9.17, 15) is 0 Å². The van der Waals surface area contributed by atoms with Crippen molar-refractivity contribution < 1.29 is 0 Å². The number of nitrogens with one attached hydrogen (secondary N) is 1. The van der Waals surface area contributed by atoms with Crippen LogP contribution in [0.2, 0.25) is 0 Å². The highest BCUT2D eigenvalue weighted by atomic mass is 15.1. The predicted molar refractivity (Wildman–Crippen MR) is 82.4 cm³/mol. The van der Waals surface area contributed by atoms with Crippen LogP contribution in [0.25, 0.3) is 0 Å². The van der Waals surface area contributed by atoms with Gasteiger partial charge in [-0.3, -0.25) is 0 Å². The van der Waals surface area contributed by atoms with Gasteiger partial charge in [-0.1, -0.05) is 31.2 Å². The second kappa shape index (κ2) is 7.66. The first kappa shape index (κ1) is 14.5. The van der Waals surface area contributed by atoms with Gasteiger partial charge < -0.3 is 10.2 Å². The third-order valence-corrected chi connectivity index (χ3v) is 4.26. The van der Waals surface area contributed by atoms with Gasteiger partial charge >= 0.3 is 0 Å². The monoisotopic (exact) mass is 260 g/mol. The third kappa shape index (κ3) is 4.96. The highest BCUT2D eigenvalue weighted by Gasteiger charge is 2.13. The number of benzene rings is 1. The quantitative estimate of drug-likeness (QED) is 0.845. The Bertz CT molecular complexity index is 352. The fourth-order valence-corrected chi connectivity index (χ4v) is 2.84. The number of hydrogen-bond acceptors (Lipinski definition) is 2. The summed E-state index contributed by atoms with van der Waals surface area (Å²) in [5.74, 6) is 0.936. The van der Waals surface area contributed by atoms with Crippen LogP contribution < -0.4 is 5.32 Å². The molecule has 0 atom stereocenters. The second-order valence-electron chi connectivity index (χ2n) is 5.89. The van der Waals surface area contributed by atoms with E-state index in [1.54, 1.807) is 0 Å². The van der Waals surface area contributed by atoms with E-state index >= 15 is 0 Å². The molecule has 1 aliphatic rings. The summed E-state index contributed by atoms with van der Waals surface area (Å²) in [6.45, 7) is 6.94. The lowest BCUT2D eigenvalue weighted by atomic mass is 9.94. The highest BCUT2D eigenvalue weighted by molar-refractivity contribution is 5.22. The van der Waals surface area contributed by atoms with Gasteiger partial charge in [-0.15, -0.1) is 0 Å². The lowest BCUT2D eigenvalue weighted by Crippen LogP contribution is -2.30. The van der Waals surface area contributed by atoms with Gasteiger partial charge in [0.2, 0.25) is 0 Å². The van der Waals surface area contributed by atoms with Crippen LogP contribution in [-0.4, -0.2) is 31.6 Å². The van der Waals surface area contributed by atoms with Crippen molar-refractivity contribution in [2.24, 2.45) is 5.92 Å². The molecule has 1 aromatic carbocycles. The average molecular weight is 260 g/mol. The van der Waals surface area contributed by atoms with Crippen molar-refractivity contribution >= 4 is 0 Å². The van der Waals surface area contributed by atoms with Crippen LogP contribution in [0.3, 0.4) is 0 Å². The molecule has 0 spiro atoms. The summed E-state index contributed by atoms with van der Waals surface area (Å²) < 4.78 is 0. The number of aryl methyl sites for hydroxylation is 1. The van der Waals surface area contributed by atoms with E-state index in [4.69, 9.17) is 0 Å². The molecule has 106 valence electrons. The van der Waals surface area contributed by atoms with E-state index in [1.807, 2.05) is 0 Å². The molecular weight excluding hydrogens is 232 g/mol. The van der Waals surface area contributed by atoms with Gasteiger partial charge in [0.1, 0.15) is 0 Å². The van der Waals surface area contributed by atoms with Crippen LogP contribution in [0.5, 0.6) is 0 Å². The summed E-state index contributed by atoms with van der Waals surface area (Å²) in [5.41, 5.74) is 2.87. The molecule has 2 heteroatoms. The van der Waals surface area contributed by atoms with Crippen molar-refractivity contribution in [2.75, 3.05) is 26.7 Å². The Morgan fingerprint density at radius 2 is 1.74 bits per heavy atom. The lowest BCUT2D eigenvalue weighted by Gasteiger charge is -2.25. The smallest absolute Gasteiger partial charge is 0.0230 e. The fourth-order valence-electron chi connectivity index (χ4n) is 2.84. The van der Waals surface area contributed by atoms with Gasteiger partial charge in [0.15, 0.2) is 0 Å². The van der Waals surface area contributed by atoms with Crippen LogP contribution in [0.15, 0.2) is 24.3 Å². The minimum atomic E-state index is 0.936. The first-order valence-electron chi connectivity index (χ1n) is 7.75. The Labute approximate surface area is 118 Å². The van der Waals surface area contributed by atoms with Gasteiger partial charge in [0, 0.05) is 6.54 Å². The maximum atomic E-state index is 3.44. The zero-order chi connectivity index (χ0) is 13.5. The molecule has 1 aromatic rings. The Morgan fingerprint density at radius 3 is 2.37 bits per heavy atom. The molecule has 0 aromatic heterocycles. The molecule has 0 aliphatic carbocycles. The van der Waals surface area contributed by atoms with Crippen LogP contribution in [0.4, 0.5) is 0 Å². The molecule has 2 rings (SSSR count). The number of rotatable bonds is 6. The minimum Gasteiger partial charge on any atom is -0.317 e. The standard InChI is InChI=1S/C17H28N2/c1-3-15-4-6-17(7-5-15)14-19(2)13-10-16-8-11-18-12-9-16/h4-7,16,18H,3,8-14H2,1-2H3. The summed E-state index contributed by atoms with van der Waals surface area (Å²) in [6.07, 6.45) is 5.20. The zero-order valence-corrected chi connectivity index (χ0v) is 12.5. The summed E-state index contributed by atoms with van der Waals surface area (Å²) in [5, 5.41) is 3.44. The predicted octanol–water partition coefficient (Wildman–Crippen LogP) is 3.07. The normalized spacial score (nSPS) is 17.0. The van der Waals surface area contributed by atoms with E-state index in [0.717, 1.165) is 18.9 Å². The van der Waals surface area contributed by atoms with Gasteiger partial charge in [0.05, 0.1) is 0 Å². The van der Waals surface area contributed by atoms with E-state index < -0.39 is 0 Å². The zero-order valence-electron chi connectivity index (χ0n) is 12.5. The molecular formula is C17H28N2. The van der Waals surface area contributed by atoms with Crippen LogP contribution in [0, 0.1) is 5.92 Å². The summed E-state index contributed by atoms with van der Waals surface area (Å²) >= 11 is 0. The number of nitrogens with zero attached hydrogens (tertiary/aromatic N) is 1. The van der Waals surface area contributed by atoms with Crippen molar-refractivity contribution in [3.8, 4) is 0 Å². The fraction of sp³-hybridized carbons (Fsp3) is 0.647. The first-order chi connectivity index (χ1) is 9.28. The molecule has 0 bridgehead atoms. The topological polar surface area (TPSA) is 15.3 Å². The maximum absolute atomic E-state index is 3.44. The van der Waals surface area contributed by atoms with Gasteiger partial charge in [0.25, 0.3) is 0 Å². The molecule has 1 saturated heterocycles. The molecule has 2 nitrogen and oxygen atoms in total. The van der Waals surface area contributed by atoms with Crippen molar-refractivity contribution in [2.45, 2.75) is 39.2 Å². The Kier molecular flexibility index (Phi) is 5.87. The SMILES string of the molecule is CCc1ccc(CN(C)CCC2CCNCC2)cc1. The van der Waals surface area contributed by atoms with E-state index in [0.29, 0.717) is 0 Å². The lowest BCUT2D eigenvalue weighted by molar-refractivity contribution is 0.266. The van der Waals surface area contributed by atoms with Crippen molar-refractivity contribution in [1.29, 1.82) is 0 Å². The minimum absolute atomic E-state index is 0.936. The summed E-state index contributed by atoms with van der Waals surface area (Å²) in [4.78, 5) is 2.46. The van der Waals surface area contributed by atoms with E-state index in [2.05, 4.69) is 48.5 Å². The van der Waals surface area contributed by atoms with E-state index in [1.165, 1.54) is 50.0 Å². The summed E-state index contributed by atoms with van der Waals surface area (Å²) in [6, 6.07) is 9.08. The molecule has 0 saturated carbocycles. The molecule has 0 amide bonds. The Balaban J connectivity index is 1.71. The van der Waals surface area contributed by atoms with Crippen molar-refractivity contribution in [3.63, 3.8) is 0 Å². The van der Waals surface area contributed by atoms with Crippen LogP contribution in [-0.2, 0) is 13.0 Å². The molecule has 1 heterocycles. The molecule has 1 N–H and O–H groups in total. The number of hydrogen-bond donors (Lipinski definition) is 1. The second-order valence-corrected chi connectivity index (χ2v) is 5.89. The Hall–Kier alpha value is -0.860. The maximum Gasteiger partial charge on any atom is 0.0230 e. The van der Waals surface area contributed by atoms with Gasteiger partial charge in [-0.05, 0) is 69.4 Å². The van der Waals surface area contributed by atoms with Gasteiger partial charge in [-0.2, -0.15) is 0 Å². The first-order valence-corrected chi connectivity index (χ1v) is 7.75. The average Bonchev–Trinajstić information content (AvgIpc) is 2.47.